The summed E-state index contributed by atoms with van der Waals surface area (Å²) in [6, 6.07) is 7.26. The molecular weight excluding hydrogens is 274 g/mol. The van der Waals surface area contributed by atoms with E-state index in [0.717, 1.165) is 12.0 Å². The number of carbonyl (C=O) groups excluding carboxylic acids is 1. The minimum atomic E-state index is -2.98. The Hall–Kier alpha value is -1.36. The van der Waals surface area contributed by atoms with Crippen molar-refractivity contribution in [3.8, 4) is 0 Å². The van der Waals surface area contributed by atoms with Crippen LogP contribution in [0.1, 0.15) is 35.7 Å². The second-order valence-corrected chi connectivity index (χ2v) is 7.65. The van der Waals surface area contributed by atoms with Gasteiger partial charge in [-0.15, -0.1) is 0 Å². The van der Waals surface area contributed by atoms with Gasteiger partial charge in [0.15, 0.2) is 9.84 Å². The van der Waals surface area contributed by atoms with Crippen LogP contribution in [0.15, 0.2) is 24.3 Å². The lowest BCUT2D eigenvalue weighted by Gasteiger charge is -2.28. The molecule has 0 saturated carbocycles. The molecule has 1 atom stereocenters. The molecule has 1 amide bonds. The van der Waals surface area contributed by atoms with Gasteiger partial charge in [0, 0.05) is 18.2 Å². The number of aryl methyl sites for hydroxylation is 1. The molecule has 1 fully saturated rings. The molecule has 1 heterocycles. The molecule has 0 aliphatic carbocycles. The number of sulfone groups is 1. The molecule has 1 aromatic rings. The van der Waals surface area contributed by atoms with E-state index in [2.05, 4.69) is 0 Å². The van der Waals surface area contributed by atoms with E-state index in [-0.39, 0.29) is 23.5 Å². The fourth-order valence-electron chi connectivity index (χ4n) is 2.57. The lowest BCUT2D eigenvalue weighted by atomic mass is 10.1. The quantitative estimate of drug-likeness (QED) is 0.854. The molecule has 1 saturated heterocycles. The van der Waals surface area contributed by atoms with Gasteiger partial charge in [-0.25, -0.2) is 8.42 Å². The third kappa shape index (κ3) is 3.39. The molecule has 2 rings (SSSR count). The van der Waals surface area contributed by atoms with E-state index in [1.165, 1.54) is 0 Å². The highest BCUT2D eigenvalue weighted by Gasteiger charge is 2.34. The molecule has 1 aliphatic rings. The molecule has 0 N–H and O–H groups in total. The predicted molar refractivity (Wildman–Crippen MR) is 79.6 cm³/mol. The van der Waals surface area contributed by atoms with E-state index in [9.17, 15) is 13.2 Å². The van der Waals surface area contributed by atoms with Gasteiger partial charge < -0.3 is 4.90 Å². The van der Waals surface area contributed by atoms with Crippen molar-refractivity contribution in [3.63, 3.8) is 0 Å². The lowest BCUT2D eigenvalue weighted by molar-refractivity contribution is 0.0697. The number of amides is 1. The van der Waals surface area contributed by atoms with Crippen molar-refractivity contribution in [2.24, 2.45) is 0 Å². The maximum Gasteiger partial charge on any atom is 0.254 e. The molecule has 1 aromatic carbocycles. The smallest absolute Gasteiger partial charge is 0.254 e. The Morgan fingerprint density at radius 1 is 1.30 bits per heavy atom. The van der Waals surface area contributed by atoms with E-state index in [1.807, 2.05) is 38.1 Å². The molecule has 0 radical (unpaired) electrons. The average Bonchev–Trinajstić information content (AvgIpc) is 2.76. The largest absolute Gasteiger partial charge is 0.335 e. The Morgan fingerprint density at radius 2 is 1.95 bits per heavy atom. The monoisotopic (exact) mass is 295 g/mol. The summed E-state index contributed by atoms with van der Waals surface area (Å²) in [5.41, 5.74) is 1.74. The Balaban J connectivity index is 2.20. The van der Waals surface area contributed by atoms with Crippen molar-refractivity contribution < 1.29 is 13.2 Å². The number of nitrogens with zero attached hydrogens (tertiary/aromatic N) is 1. The normalized spacial score (nSPS) is 20.8. The summed E-state index contributed by atoms with van der Waals surface area (Å²) in [5, 5.41) is 0. The fourth-order valence-corrected chi connectivity index (χ4v) is 4.30. The van der Waals surface area contributed by atoms with Crippen LogP contribution in [0.3, 0.4) is 0 Å². The third-order valence-corrected chi connectivity index (χ3v) is 5.42. The molecule has 0 aromatic heterocycles. The van der Waals surface area contributed by atoms with Crippen molar-refractivity contribution in [1.82, 2.24) is 4.90 Å². The van der Waals surface area contributed by atoms with Crippen LogP contribution in [0, 0.1) is 6.92 Å². The first-order valence-electron chi connectivity index (χ1n) is 7.01. The molecule has 0 unspecified atom stereocenters. The highest BCUT2D eigenvalue weighted by Crippen LogP contribution is 2.20. The summed E-state index contributed by atoms with van der Waals surface area (Å²) in [5.74, 6) is 0.234. The highest BCUT2D eigenvalue weighted by molar-refractivity contribution is 7.91. The highest BCUT2D eigenvalue weighted by atomic mass is 32.2. The summed E-state index contributed by atoms with van der Waals surface area (Å²) in [6.07, 6.45) is 1.38. The number of rotatable bonds is 4. The van der Waals surface area contributed by atoms with Gasteiger partial charge in [-0.1, -0.05) is 24.6 Å². The third-order valence-electron chi connectivity index (χ3n) is 3.67. The van der Waals surface area contributed by atoms with Gasteiger partial charge in [-0.05, 0) is 31.9 Å². The first-order valence-corrected chi connectivity index (χ1v) is 8.83. The number of carbonyl (C=O) groups is 1. The second kappa shape index (κ2) is 5.95. The van der Waals surface area contributed by atoms with Crippen LogP contribution in [0.2, 0.25) is 0 Å². The van der Waals surface area contributed by atoms with Crippen molar-refractivity contribution in [1.29, 1.82) is 0 Å². The molecule has 0 bridgehead atoms. The Kier molecular flexibility index (Phi) is 4.48. The van der Waals surface area contributed by atoms with Gasteiger partial charge in [0.2, 0.25) is 0 Å². The SMILES string of the molecule is CCCN(C(=O)c1ccc(C)cc1)[C@@H]1CCS(=O)(=O)C1. The first kappa shape index (κ1) is 15.0. The molecule has 1 aliphatic heterocycles. The summed E-state index contributed by atoms with van der Waals surface area (Å²) in [6.45, 7) is 4.58. The molecular formula is C15H21NO3S. The maximum absolute atomic E-state index is 12.6. The zero-order valence-corrected chi connectivity index (χ0v) is 12.8. The maximum atomic E-state index is 12.6. The van der Waals surface area contributed by atoms with Crippen LogP contribution >= 0.6 is 0 Å². The second-order valence-electron chi connectivity index (χ2n) is 5.42. The zero-order chi connectivity index (χ0) is 14.8. The first-order chi connectivity index (χ1) is 9.43. The summed E-state index contributed by atoms with van der Waals surface area (Å²) >= 11 is 0. The van der Waals surface area contributed by atoms with Gasteiger partial charge in [0.1, 0.15) is 0 Å². The summed E-state index contributed by atoms with van der Waals surface area (Å²) in [4.78, 5) is 14.3. The van der Waals surface area contributed by atoms with Crippen molar-refractivity contribution in [2.45, 2.75) is 32.7 Å². The average molecular weight is 295 g/mol. The molecule has 110 valence electrons. The van der Waals surface area contributed by atoms with Gasteiger partial charge in [0.05, 0.1) is 11.5 Å². The Bertz CT molecular complexity index is 578. The zero-order valence-electron chi connectivity index (χ0n) is 12.0. The van der Waals surface area contributed by atoms with E-state index >= 15 is 0 Å². The summed E-state index contributed by atoms with van der Waals surface area (Å²) < 4.78 is 23.2. The van der Waals surface area contributed by atoms with Crippen molar-refractivity contribution >= 4 is 15.7 Å². The Morgan fingerprint density at radius 3 is 2.45 bits per heavy atom. The van der Waals surface area contributed by atoms with E-state index in [4.69, 9.17) is 0 Å². The van der Waals surface area contributed by atoms with Gasteiger partial charge in [-0.2, -0.15) is 0 Å². The van der Waals surface area contributed by atoms with Crippen LogP contribution in [-0.2, 0) is 9.84 Å². The lowest BCUT2D eigenvalue weighted by Crippen LogP contribution is -2.41. The van der Waals surface area contributed by atoms with Crippen molar-refractivity contribution in [2.75, 3.05) is 18.1 Å². The van der Waals surface area contributed by atoms with Gasteiger partial charge >= 0.3 is 0 Å². The number of hydrogen-bond acceptors (Lipinski definition) is 3. The summed E-state index contributed by atoms with van der Waals surface area (Å²) in [7, 11) is -2.98. The van der Waals surface area contributed by atoms with Crippen LogP contribution in [0.5, 0.6) is 0 Å². The van der Waals surface area contributed by atoms with E-state index in [1.54, 1.807) is 4.90 Å². The van der Waals surface area contributed by atoms with Crippen LogP contribution in [0.4, 0.5) is 0 Å². The van der Waals surface area contributed by atoms with Gasteiger partial charge in [-0.3, -0.25) is 4.79 Å². The Labute approximate surface area is 120 Å². The van der Waals surface area contributed by atoms with E-state index in [0.29, 0.717) is 18.5 Å². The predicted octanol–water partition coefficient (Wildman–Crippen LogP) is 2.03. The number of benzene rings is 1. The topological polar surface area (TPSA) is 54.5 Å². The molecule has 0 spiro atoms. The molecule has 20 heavy (non-hydrogen) atoms. The molecule has 4 nitrogen and oxygen atoms in total. The minimum Gasteiger partial charge on any atom is -0.335 e. The van der Waals surface area contributed by atoms with Crippen LogP contribution in [-0.4, -0.2) is 43.3 Å². The van der Waals surface area contributed by atoms with E-state index < -0.39 is 9.84 Å². The van der Waals surface area contributed by atoms with Crippen LogP contribution in [0.25, 0.3) is 0 Å². The van der Waals surface area contributed by atoms with Crippen molar-refractivity contribution in [3.05, 3.63) is 35.4 Å². The standard InChI is InChI=1S/C15H21NO3S/c1-3-9-16(14-8-10-20(18,19)11-14)15(17)13-6-4-12(2)5-7-13/h4-7,14H,3,8-11H2,1-2H3/t14-/m1/s1. The molecule has 5 heteroatoms. The number of hydrogen-bond donors (Lipinski definition) is 0. The van der Waals surface area contributed by atoms with Gasteiger partial charge in [0.25, 0.3) is 5.91 Å². The fraction of sp³-hybridized carbons (Fsp3) is 0.533. The van der Waals surface area contributed by atoms with Crippen LogP contribution < -0.4 is 0 Å². The minimum absolute atomic E-state index is 0.0612.